The third-order valence-electron chi connectivity index (χ3n) is 1.92. The quantitative estimate of drug-likeness (QED) is 0.528. The van der Waals surface area contributed by atoms with Crippen LogP contribution in [0.2, 0.25) is 58.9 Å². The van der Waals surface area contributed by atoms with Gasteiger partial charge in [0.1, 0.15) is 5.76 Å². The van der Waals surface area contributed by atoms with Crippen LogP contribution in [0.5, 0.6) is 0 Å². The first-order valence-electron chi connectivity index (χ1n) is 6.91. The summed E-state index contributed by atoms with van der Waals surface area (Å²) in [4.78, 5) is 0. The van der Waals surface area contributed by atoms with Crippen LogP contribution in [0.25, 0.3) is 0 Å². The van der Waals surface area contributed by atoms with Crippen LogP contribution in [0.3, 0.4) is 0 Å². The largest absolute Gasteiger partial charge is 0.549 e. The fourth-order valence-corrected chi connectivity index (χ4v) is 6.20. The molecule has 0 radical (unpaired) electrons. The van der Waals surface area contributed by atoms with Crippen molar-refractivity contribution in [2.24, 2.45) is 0 Å². The van der Waals surface area contributed by atoms with Gasteiger partial charge in [-0.05, 0) is 58.9 Å². The molecule has 3 nitrogen and oxygen atoms in total. The van der Waals surface area contributed by atoms with Gasteiger partial charge >= 0.3 is 0 Å². The lowest BCUT2D eigenvalue weighted by molar-refractivity contribution is 0.256. The minimum absolute atomic E-state index is 0.573. The van der Waals surface area contributed by atoms with Crippen molar-refractivity contribution in [1.29, 1.82) is 0 Å². The molecule has 0 N–H and O–H groups in total. The Labute approximate surface area is 125 Å². The number of hydrogen-bond donors (Lipinski definition) is 0. The van der Waals surface area contributed by atoms with E-state index in [0.29, 0.717) is 6.61 Å². The van der Waals surface area contributed by atoms with Crippen molar-refractivity contribution in [1.82, 2.24) is 0 Å². The summed E-state index contributed by atoms with van der Waals surface area (Å²) in [6, 6.07) is 0. The topological polar surface area (TPSA) is 27.7 Å². The lowest BCUT2D eigenvalue weighted by Gasteiger charge is -2.29. The molecule has 0 aliphatic rings. The van der Waals surface area contributed by atoms with Crippen molar-refractivity contribution in [3.8, 4) is 0 Å². The lowest BCUT2D eigenvalue weighted by Crippen LogP contribution is -2.33. The van der Waals surface area contributed by atoms with Gasteiger partial charge in [0.05, 0.1) is 22.2 Å². The summed E-state index contributed by atoms with van der Waals surface area (Å²) in [6.45, 7) is 20.4. The Morgan fingerprint density at radius 2 is 1.16 bits per heavy atom. The molecule has 0 amide bonds. The van der Waals surface area contributed by atoms with Gasteiger partial charge in [0.2, 0.25) is 16.6 Å². The molecule has 0 aliphatic carbocycles. The van der Waals surface area contributed by atoms with Gasteiger partial charge in [0.15, 0.2) is 8.32 Å². The van der Waals surface area contributed by atoms with Crippen molar-refractivity contribution < 1.29 is 13.3 Å². The Bertz CT molecular complexity index is 321. The van der Waals surface area contributed by atoms with E-state index in [-0.39, 0.29) is 0 Å². The maximum atomic E-state index is 6.19. The second-order valence-corrected chi connectivity index (χ2v) is 22.1. The second-order valence-electron chi connectivity index (χ2n) is 7.81. The van der Waals surface area contributed by atoms with Crippen molar-refractivity contribution in [3.05, 3.63) is 11.1 Å². The molecule has 0 aromatic rings. The van der Waals surface area contributed by atoms with Gasteiger partial charge in [0.25, 0.3) is 0 Å². The van der Waals surface area contributed by atoms with Crippen molar-refractivity contribution in [3.63, 3.8) is 0 Å². The molecule has 0 saturated carbocycles. The normalized spacial score (nSPS) is 15.2. The average molecular weight is 337 g/mol. The lowest BCUT2D eigenvalue weighted by atomic mass is 10.6. The third kappa shape index (κ3) is 11.7. The van der Waals surface area contributed by atoms with Crippen molar-refractivity contribution in [2.75, 3.05) is 6.61 Å². The molecule has 19 heavy (non-hydrogen) atoms. The zero-order valence-corrected chi connectivity index (χ0v) is 19.4. The second kappa shape index (κ2) is 6.75. The van der Waals surface area contributed by atoms with Crippen LogP contribution in [-0.4, -0.2) is 41.8 Å². The predicted molar refractivity (Wildman–Crippen MR) is 95.1 cm³/mol. The first kappa shape index (κ1) is 19.2. The summed E-state index contributed by atoms with van der Waals surface area (Å²) in [6.07, 6.45) is 0. The highest BCUT2D eigenvalue weighted by Crippen LogP contribution is 2.19. The summed E-state index contributed by atoms with van der Waals surface area (Å²) in [5.74, 6) is 0.954. The fourth-order valence-electron chi connectivity index (χ4n) is 1.37. The van der Waals surface area contributed by atoms with Gasteiger partial charge in [-0.2, -0.15) is 0 Å². The fraction of sp³-hybridized carbons (Fsp3) is 0.833. The molecule has 0 aromatic heterocycles. The van der Waals surface area contributed by atoms with E-state index in [9.17, 15) is 0 Å². The highest BCUT2D eigenvalue weighted by molar-refractivity contribution is 6.71. The Balaban J connectivity index is 4.99. The van der Waals surface area contributed by atoms with Gasteiger partial charge in [-0.1, -0.05) is 0 Å². The molecule has 0 rings (SSSR count). The Morgan fingerprint density at radius 1 is 0.737 bits per heavy atom. The zero-order valence-electron chi connectivity index (χ0n) is 14.4. The molecule has 0 atom stereocenters. The molecule has 0 saturated heterocycles. The van der Waals surface area contributed by atoms with Gasteiger partial charge < -0.3 is 13.3 Å². The van der Waals surface area contributed by atoms with E-state index in [1.807, 2.05) is 0 Å². The summed E-state index contributed by atoms with van der Waals surface area (Å²) in [5.41, 5.74) is 0. The highest BCUT2D eigenvalue weighted by Gasteiger charge is 2.24. The molecule has 0 aliphatic heterocycles. The van der Waals surface area contributed by atoms with Gasteiger partial charge in [-0.25, -0.2) is 0 Å². The summed E-state index contributed by atoms with van der Waals surface area (Å²) < 4.78 is 18.3. The van der Waals surface area contributed by atoms with Crippen LogP contribution in [0.4, 0.5) is 0 Å². The molecule has 0 unspecified atom stereocenters. The molecule has 7 heteroatoms. The Hall–Kier alpha value is 0.168. The Kier molecular flexibility index (Phi) is 6.81. The first-order valence-corrected chi connectivity index (χ1v) is 18.1. The minimum Gasteiger partial charge on any atom is -0.549 e. The maximum absolute atomic E-state index is 6.19. The van der Waals surface area contributed by atoms with Crippen LogP contribution in [0.1, 0.15) is 0 Å². The SMILES string of the molecule is C[Si](C)(C)OCC(O[Si](C)(C)C)=C([SiH3])O[Si](C)(C)C. The van der Waals surface area contributed by atoms with E-state index in [4.69, 9.17) is 13.3 Å². The predicted octanol–water partition coefficient (Wildman–Crippen LogP) is 3.08. The van der Waals surface area contributed by atoms with E-state index < -0.39 is 25.0 Å². The number of hydrogen-bond acceptors (Lipinski definition) is 3. The van der Waals surface area contributed by atoms with E-state index in [1.165, 1.54) is 0 Å². The average Bonchev–Trinajstić information content (AvgIpc) is 2.05. The zero-order chi connectivity index (χ0) is 15.5. The molecule has 0 heterocycles. The van der Waals surface area contributed by atoms with E-state index >= 15 is 0 Å². The summed E-state index contributed by atoms with van der Waals surface area (Å²) in [5, 5.41) is 1.04. The molecule has 0 spiro atoms. The molecule has 0 aromatic carbocycles. The first-order chi connectivity index (χ1) is 8.20. The molecule has 114 valence electrons. The van der Waals surface area contributed by atoms with E-state index in [1.54, 1.807) is 0 Å². The van der Waals surface area contributed by atoms with E-state index in [0.717, 1.165) is 21.4 Å². The molecular weight excluding hydrogens is 304 g/mol. The van der Waals surface area contributed by atoms with Gasteiger partial charge in [-0.15, -0.1) is 0 Å². The van der Waals surface area contributed by atoms with Crippen molar-refractivity contribution >= 4 is 35.2 Å². The number of rotatable bonds is 7. The van der Waals surface area contributed by atoms with Crippen LogP contribution in [0, 0.1) is 0 Å². The summed E-state index contributed by atoms with van der Waals surface area (Å²) in [7, 11) is -3.84. The standard InChI is InChI=1S/C12H32O3Si4/c1-17(2,3)13-10-11(14-18(4,5)6)12(16)15-19(7,8)9/h10H2,1-9,16H3. The van der Waals surface area contributed by atoms with Gasteiger partial charge in [-0.3, -0.25) is 0 Å². The van der Waals surface area contributed by atoms with Crippen LogP contribution >= 0.6 is 0 Å². The highest BCUT2D eigenvalue weighted by atomic mass is 28.4. The van der Waals surface area contributed by atoms with Crippen molar-refractivity contribution in [2.45, 2.75) is 58.9 Å². The maximum Gasteiger partial charge on any atom is 0.242 e. The molecular formula is C12H32O3Si4. The smallest absolute Gasteiger partial charge is 0.242 e. The van der Waals surface area contributed by atoms with Crippen LogP contribution < -0.4 is 0 Å². The molecule has 0 bridgehead atoms. The molecule has 0 fully saturated rings. The van der Waals surface area contributed by atoms with Gasteiger partial charge in [0, 0.05) is 0 Å². The van der Waals surface area contributed by atoms with Crippen LogP contribution in [-0.2, 0) is 13.3 Å². The summed E-state index contributed by atoms with van der Waals surface area (Å²) >= 11 is 0. The third-order valence-corrected chi connectivity index (χ3v) is 5.88. The minimum atomic E-state index is -1.62. The Morgan fingerprint density at radius 3 is 1.47 bits per heavy atom. The van der Waals surface area contributed by atoms with E-state index in [2.05, 4.69) is 58.9 Å². The monoisotopic (exact) mass is 336 g/mol. The van der Waals surface area contributed by atoms with Crippen LogP contribution in [0.15, 0.2) is 11.1 Å².